The molecule has 0 spiro atoms. The Morgan fingerprint density at radius 3 is 0.935 bits per heavy atom. The van der Waals surface area contributed by atoms with E-state index in [1.807, 2.05) is 73.1 Å². The Bertz CT molecular complexity index is 8970. The third-order valence-electron chi connectivity index (χ3n) is 25.7. The van der Waals surface area contributed by atoms with E-state index in [9.17, 15) is 0 Å². The molecule has 14 aromatic heterocycles. The number of aromatic nitrogens is 11. The van der Waals surface area contributed by atoms with Crippen molar-refractivity contribution in [2.75, 3.05) is 0 Å². The van der Waals surface area contributed by atoms with Crippen LogP contribution >= 0.6 is 0 Å². The van der Waals surface area contributed by atoms with Crippen LogP contribution in [0.15, 0.2) is 384 Å². The lowest BCUT2D eigenvalue weighted by Gasteiger charge is -2.11. The monoisotopic (exact) mass is 1570 g/mol. The van der Waals surface area contributed by atoms with E-state index in [1.54, 1.807) is 0 Å². The number of fused-ring (bicyclic) bond motifs is 42. The number of hydrogen-bond donors (Lipinski definition) is 0. The summed E-state index contributed by atoms with van der Waals surface area (Å²) in [5.41, 5.74) is 28.6. The zero-order chi connectivity index (χ0) is 80.0. The van der Waals surface area contributed by atoms with Crippen molar-refractivity contribution < 1.29 is 13.3 Å². The Hall–Kier alpha value is -17.0. The summed E-state index contributed by atoms with van der Waals surface area (Å²) >= 11 is 0. The fourth-order valence-corrected chi connectivity index (χ4v) is 20.4. The van der Waals surface area contributed by atoms with Gasteiger partial charge in [-0.25, -0.2) is 19.9 Å². The second kappa shape index (κ2) is 24.8. The molecule has 14 nitrogen and oxygen atoms in total. The highest BCUT2D eigenvalue weighted by Crippen LogP contribution is 2.48. The molecule has 0 saturated carbocycles. The maximum absolute atomic E-state index is 6.35. The van der Waals surface area contributed by atoms with E-state index < -0.39 is 0 Å². The van der Waals surface area contributed by atoms with Crippen molar-refractivity contribution in [3.05, 3.63) is 370 Å². The second-order valence-corrected chi connectivity index (χ2v) is 32.2. The number of imidazole rings is 3. The minimum atomic E-state index is 0.886. The van der Waals surface area contributed by atoms with Gasteiger partial charge in [0, 0.05) is 145 Å². The van der Waals surface area contributed by atoms with Gasteiger partial charge in [0.25, 0.3) is 0 Å². The van der Waals surface area contributed by atoms with Crippen molar-refractivity contribution in [1.82, 2.24) is 51.8 Å². The molecule has 0 fully saturated rings. The fourth-order valence-electron chi connectivity index (χ4n) is 20.4. The molecule has 0 unspecified atom stereocenters. The largest absolute Gasteiger partial charge is 0.456 e. The first-order valence-corrected chi connectivity index (χ1v) is 41.4. The third kappa shape index (κ3) is 9.31. The van der Waals surface area contributed by atoms with Crippen LogP contribution in [0, 0.1) is 0 Å². The molecule has 16 aromatic carbocycles. The van der Waals surface area contributed by atoms with Gasteiger partial charge in [0.2, 0.25) is 0 Å². The summed E-state index contributed by atoms with van der Waals surface area (Å²) in [4.78, 5) is 25.2. The van der Waals surface area contributed by atoms with Gasteiger partial charge in [0.15, 0.2) is 0 Å². The van der Waals surface area contributed by atoms with E-state index >= 15 is 0 Å². The van der Waals surface area contributed by atoms with Crippen LogP contribution in [0.5, 0.6) is 0 Å². The topological polar surface area (TPSA) is 132 Å². The Kier molecular flexibility index (Phi) is 13.3. The molecule has 0 radical (unpaired) electrons. The van der Waals surface area contributed by atoms with Gasteiger partial charge < -0.3 is 27.0 Å². The number of pyridine rings is 5. The molecule has 14 heteroatoms. The van der Waals surface area contributed by atoms with Gasteiger partial charge in [-0.3, -0.25) is 18.2 Å². The van der Waals surface area contributed by atoms with Gasteiger partial charge in [-0.15, -0.1) is 0 Å². The maximum atomic E-state index is 6.35. The SMILES string of the molecule is c1ccc(-n2c3cc4oc5ccccc5c4cc3c3cc4c(cc32)c2nc3ccccc3n2c2cccnc42)cc1.c1ccc(-n2c3cc4oc5ccccc5c4cc3c3cc4c5ccccc5n5c6ccccc6nc5c4cc32)cc1.c1ccc(-n2c3cc4oc5ccccc5c4cc3c3cc4c5cccnc5n5c6ccccc6nc5c4cc32)cc1. The number of furan rings is 3. The number of benzene rings is 16. The van der Waals surface area contributed by atoms with Gasteiger partial charge in [0.05, 0.1) is 82.8 Å². The smallest absolute Gasteiger partial charge is 0.147 e. The van der Waals surface area contributed by atoms with Gasteiger partial charge in [0.1, 0.15) is 56.1 Å². The summed E-state index contributed by atoms with van der Waals surface area (Å²) in [6.45, 7) is 0. The highest BCUT2D eigenvalue weighted by atomic mass is 16.3. The summed E-state index contributed by atoms with van der Waals surface area (Å²) in [6.07, 6.45) is 3.74. The molecule has 14 heterocycles. The molecule has 0 bridgehead atoms. The van der Waals surface area contributed by atoms with Crippen molar-refractivity contribution in [2.45, 2.75) is 0 Å². The van der Waals surface area contributed by atoms with Gasteiger partial charge >= 0.3 is 0 Å². The first-order chi connectivity index (χ1) is 61.0. The van der Waals surface area contributed by atoms with Crippen LogP contribution in [0.1, 0.15) is 0 Å². The van der Waals surface area contributed by atoms with E-state index in [1.165, 1.54) is 43.1 Å². The van der Waals surface area contributed by atoms with Crippen molar-refractivity contribution in [3.8, 4) is 17.1 Å². The van der Waals surface area contributed by atoms with Gasteiger partial charge in [-0.1, -0.05) is 164 Å². The molecule has 123 heavy (non-hydrogen) atoms. The lowest BCUT2D eigenvalue weighted by atomic mass is 10.0. The Morgan fingerprint density at radius 1 is 0.171 bits per heavy atom. The molecule has 0 N–H and O–H groups in total. The molecule has 0 aliphatic rings. The number of para-hydroxylation sites is 13. The second-order valence-electron chi connectivity index (χ2n) is 32.2. The van der Waals surface area contributed by atoms with E-state index in [-0.39, 0.29) is 0 Å². The average molecular weight is 1570 g/mol. The number of nitrogens with zero attached hydrogens (tertiary/aromatic N) is 11. The Balaban J connectivity index is 0.0000000946. The minimum Gasteiger partial charge on any atom is -0.456 e. The van der Waals surface area contributed by atoms with E-state index in [4.69, 9.17) is 38.2 Å². The van der Waals surface area contributed by atoms with Crippen LogP contribution in [0.3, 0.4) is 0 Å². The van der Waals surface area contributed by atoms with Crippen LogP contribution in [-0.2, 0) is 0 Å². The van der Waals surface area contributed by atoms with Crippen LogP contribution in [-0.4, -0.2) is 51.8 Å². The standard InChI is InChI=1S/C37H21N3O.2C36H20N4O/c1-2-10-22(11-3-1)39-33-20-29-25(23-12-4-7-15-31(23)40-32-16-8-6-14-30(32)38-37(29)40)18-26(33)27-19-28-24-13-5-9-17-35(24)41-36(28)21-34(27)39;1-2-9-21(10-3-1)39-31-19-28-24(23-12-8-16-37-35(23)40-30-14-6-5-13-29(30)38-36(28)40)17-25(31)26-18-27-22-11-4-7-15-33(22)41-34(27)20-32(26)39;1-2-9-21(10-3-1)39-31-19-27-26(35-30(14-8-16-37-35)40-29-13-6-5-12-28(29)38-36(27)40)18-24(31)23-17-25-22-11-4-7-15-33(22)41-34(25)20-32(23)39/h1-21H;2*1-20H. The fraction of sp³-hybridized carbons (Fsp3) is 0. The van der Waals surface area contributed by atoms with Crippen molar-refractivity contribution in [2.24, 2.45) is 0 Å². The maximum Gasteiger partial charge on any atom is 0.147 e. The van der Waals surface area contributed by atoms with Crippen LogP contribution in [0.4, 0.5) is 0 Å². The van der Waals surface area contributed by atoms with Crippen molar-refractivity contribution in [3.63, 3.8) is 0 Å². The molecular formula is C109H61N11O3. The lowest BCUT2D eigenvalue weighted by molar-refractivity contribution is 0.669. The third-order valence-corrected chi connectivity index (χ3v) is 25.7. The molecular weight excluding hydrogens is 1510 g/mol. The van der Waals surface area contributed by atoms with Gasteiger partial charge in [-0.2, -0.15) is 0 Å². The molecule has 0 aliphatic heterocycles. The van der Waals surface area contributed by atoms with E-state index in [0.29, 0.717) is 0 Å². The predicted molar refractivity (Wildman–Crippen MR) is 504 cm³/mol. The average Bonchev–Trinajstić information content (AvgIpc) is 1.53. The molecule has 30 aromatic rings. The summed E-state index contributed by atoms with van der Waals surface area (Å²) in [5, 5.41) is 23.1. The lowest BCUT2D eigenvalue weighted by Crippen LogP contribution is -1.95. The number of hydrogen-bond acceptors (Lipinski definition) is 8. The normalized spacial score (nSPS) is 12.4. The summed E-state index contributed by atoms with van der Waals surface area (Å²) < 4.78 is 32.9. The van der Waals surface area contributed by atoms with Crippen LogP contribution in [0.25, 0.3) is 264 Å². The first kappa shape index (κ1) is 66.1. The summed E-state index contributed by atoms with van der Waals surface area (Å²) in [6, 6.07) is 126. The Morgan fingerprint density at radius 2 is 0.480 bits per heavy atom. The quantitative estimate of drug-likeness (QED) is 0.160. The highest BCUT2D eigenvalue weighted by molar-refractivity contribution is 6.28. The Labute approximate surface area is 694 Å². The minimum absolute atomic E-state index is 0.886. The summed E-state index contributed by atoms with van der Waals surface area (Å²) in [7, 11) is 0. The first-order valence-electron chi connectivity index (χ1n) is 41.4. The molecule has 0 saturated heterocycles. The van der Waals surface area contributed by atoms with E-state index in [0.717, 1.165) is 221 Å². The van der Waals surface area contributed by atoms with Crippen molar-refractivity contribution in [1.29, 1.82) is 0 Å². The molecule has 570 valence electrons. The molecule has 30 rings (SSSR count). The molecule has 0 atom stereocenters. The number of rotatable bonds is 3. The molecule has 0 amide bonds. The zero-order valence-electron chi connectivity index (χ0n) is 65.4. The van der Waals surface area contributed by atoms with Gasteiger partial charge in [-0.05, 0) is 187 Å². The highest BCUT2D eigenvalue weighted by Gasteiger charge is 2.27. The zero-order valence-corrected chi connectivity index (χ0v) is 65.4. The molecule has 0 aliphatic carbocycles. The summed E-state index contributed by atoms with van der Waals surface area (Å²) in [5.74, 6) is 0. The van der Waals surface area contributed by atoms with Crippen LogP contribution in [0.2, 0.25) is 0 Å². The van der Waals surface area contributed by atoms with Crippen molar-refractivity contribution >= 4 is 247 Å². The van der Waals surface area contributed by atoms with Crippen LogP contribution < -0.4 is 0 Å². The van der Waals surface area contributed by atoms with E-state index in [2.05, 4.69) is 324 Å². The predicted octanol–water partition coefficient (Wildman–Crippen LogP) is 28.2.